The number of nitrogens with two attached hydrogens (primary N) is 2. The van der Waals surface area contributed by atoms with Gasteiger partial charge in [-0.2, -0.15) is 5.10 Å². The summed E-state index contributed by atoms with van der Waals surface area (Å²) >= 11 is 0. The van der Waals surface area contributed by atoms with Crippen LogP contribution in [0.25, 0.3) is 10.9 Å². The third-order valence-corrected chi connectivity index (χ3v) is 2.38. The fraction of sp³-hybridized carbons (Fsp3) is 0. The Balaban J connectivity index is 2.70. The second-order valence-corrected chi connectivity index (χ2v) is 3.36. The Hall–Kier alpha value is -2.47. The van der Waals surface area contributed by atoms with E-state index < -0.39 is 0 Å². The van der Waals surface area contributed by atoms with Crippen LogP contribution in [0, 0.1) is 0 Å². The van der Waals surface area contributed by atoms with Crippen molar-refractivity contribution < 1.29 is 4.79 Å². The van der Waals surface area contributed by atoms with Gasteiger partial charge in [0.2, 0.25) is 0 Å². The molecule has 6 nitrogen and oxygen atoms in total. The van der Waals surface area contributed by atoms with Crippen LogP contribution in [-0.2, 0) is 0 Å². The van der Waals surface area contributed by atoms with E-state index in [0.29, 0.717) is 16.8 Å². The molecule has 0 fully saturated rings. The predicted molar refractivity (Wildman–Crippen MR) is 66.5 cm³/mol. The Kier molecular flexibility index (Phi) is 2.97. The molecular weight excluding hydrogens is 218 g/mol. The van der Waals surface area contributed by atoms with Crippen LogP contribution in [0.4, 0.5) is 5.69 Å². The first-order valence-corrected chi connectivity index (χ1v) is 4.88. The number of carbonyl (C=O) groups excluding carboxylic acids is 1. The van der Waals surface area contributed by atoms with Gasteiger partial charge in [-0.05, 0) is 18.2 Å². The van der Waals surface area contributed by atoms with Gasteiger partial charge in [-0.3, -0.25) is 14.8 Å². The average Bonchev–Trinajstić information content (AvgIpc) is 2.37. The predicted octanol–water partition coefficient (Wildman–Crippen LogP) is 0.629. The summed E-state index contributed by atoms with van der Waals surface area (Å²) in [6.07, 6.45) is 3.68. The maximum atomic E-state index is 10.9. The minimum atomic E-state index is 0.565. The van der Waals surface area contributed by atoms with Gasteiger partial charge >= 0.3 is 0 Å². The van der Waals surface area contributed by atoms with Crippen LogP contribution in [0.5, 0.6) is 0 Å². The van der Waals surface area contributed by atoms with Gasteiger partial charge < -0.3 is 5.84 Å². The molecule has 0 radical (unpaired) electrons. The SMILES string of the molecule is N/N=C\N(N)c1ccc(C=O)c2cccnc12. The van der Waals surface area contributed by atoms with Crippen molar-refractivity contribution >= 4 is 29.2 Å². The highest BCUT2D eigenvalue weighted by atomic mass is 16.1. The Morgan fingerprint density at radius 1 is 1.35 bits per heavy atom. The fourth-order valence-corrected chi connectivity index (χ4v) is 1.62. The van der Waals surface area contributed by atoms with E-state index in [-0.39, 0.29) is 0 Å². The Bertz CT molecular complexity index is 581. The molecular formula is C11H11N5O. The number of nitrogens with zero attached hydrogens (tertiary/aromatic N) is 3. The normalized spacial score (nSPS) is 10.9. The minimum absolute atomic E-state index is 0.565. The lowest BCUT2D eigenvalue weighted by Gasteiger charge is -2.14. The summed E-state index contributed by atoms with van der Waals surface area (Å²) < 4.78 is 0. The van der Waals surface area contributed by atoms with E-state index in [0.717, 1.165) is 11.7 Å². The molecule has 0 saturated carbocycles. The molecule has 1 aromatic carbocycles. The highest BCUT2D eigenvalue weighted by molar-refractivity contribution is 6.03. The van der Waals surface area contributed by atoms with E-state index in [1.165, 1.54) is 11.3 Å². The number of benzene rings is 1. The molecule has 0 bridgehead atoms. The molecule has 0 amide bonds. The Labute approximate surface area is 97.5 Å². The first-order valence-electron chi connectivity index (χ1n) is 4.88. The molecule has 0 saturated heterocycles. The lowest BCUT2D eigenvalue weighted by atomic mass is 10.1. The van der Waals surface area contributed by atoms with Gasteiger partial charge in [0.25, 0.3) is 0 Å². The molecule has 86 valence electrons. The molecule has 0 unspecified atom stereocenters. The van der Waals surface area contributed by atoms with Gasteiger partial charge in [0, 0.05) is 17.1 Å². The van der Waals surface area contributed by atoms with Gasteiger partial charge in [-0.1, -0.05) is 6.07 Å². The van der Waals surface area contributed by atoms with Crippen LogP contribution < -0.4 is 16.7 Å². The number of rotatable bonds is 3. The lowest BCUT2D eigenvalue weighted by molar-refractivity contribution is 0.112. The average molecular weight is 229 g/mol. The maximum absolute atomic E-state index is 10.9. The van der Waals surface area contributed by atoms with Gasteiger partial charge in [0.05, 0.1) is 11.2 Å². The van der Waals surface area contributed by atoms with Crippen molar-refractivity contribution in [1.82, 2.24) is 4.98 Å². The van der Waals surface area contributed by atoms with Gasteiger partial charge in [-0.25, -0.2) is 5.84 Å². The van der Waals surface area contributed by atoms with E-state index in [1.807, 2.05) is 6.07 Å². The molecule has 0 aliphatic heterocycles. The topological polar surface area (TPSA) is 97.6 Å². The highest BCUT2D eigenvalue weighted by Gasteiger charge is 2.09. The van der Waals surface area contributed by atoms with Crippen molar-refractivity contribution in [3.8, 4) is 0 Å². The number of anilines is 1. The van der Waals surface area contributed by atoms with E-state index in [2.05, 4.69) is 10.1 Å². The number of aldehydes is 1. The summed E-state index contributed by atoms with van der Waals surface area (Å²) in [7, 11) is 0. The van der Waals surface area contributed by atoms with E-state index >= 15 is 0 Å². The molecule has 2 rings (SSSR count). The molecule has 2 aromatic rings. The summed E-state index contributed by atoms with van der Waals surface area (Å²) in [5, 5.41) is 5.33. The molecule has 4 N–H and O–H groups in total. The number of carbonyl (C=O) groups is 1. The molecule has 17 heavy (non-hydrogen) atoms. The summed E-state index contributed by atoms with van der Waals surface area (Å²) in [6, 6.07) is 6.94. The van der Waals surface area contributed by atoms with Crippen molar-refractivity contribution in [3.05, 3.63) is 36.0 Å². The second kappa shape index (κ2) is 4.58. The maximum Gasteiger partial charge on any atom is 0.150 e. The first kappa shape index (κ1) is 11.0. The van der Waals surface area contributed by atoms with Crippen molar-refractivity contribution in [2.75, 3.05) is 5.01 Å². The monoisotopic (exact) mass is 229 g/mol. The number of aromatic nitrogens is 1. The fourth-order valence-electron chi connectivity index (χ4n) is 1.62. The third kappa shape index (κ3) is 1.93. The molecule has 0 aliphatic rings. The van der Waals surface area contributed by atoms with Crippen LogP contribution in [0.1, 0.15) is 10.4 Å². The zero-order valence-electron chi connectivity index (χ0n) is 8.95. The van der Waals surface area contributed by atoms with Crippen LogP contribution in [0.15, 0.2) is 35.6 Å². The smallest absolute Gasteiger partial charge is 0.150 e. The molecule has 0 aliphatic carbocycles. The zero-order chi connectivity index (χ0) is 12.3. The molecule has 0 spiro atoms. The first-order chi connectivity index (χ1) is 8.27. The summed E-state index contributed by atoms with van der Waals surface area (Å²) in [5.41, 5.74) is 1.81. The summed E-state index contributed by atoms with van der Waals surface area (Å²) in [4.78, 5) is 15.1. The standard InChI is InChI=1S/C11H11N5O/c12-15-7-16(13)10-4-3-8(6-17)9-2-1-5-14-11(9)10/h1-7H,12-13H2/b15-7-. The zero-order valence-corrected chi connectivity index (χ0v) is 8.95. The van der Waals surface area contributed by atoms with Gasteiger partial charge in [-0.15, -0.1) is 0 Å². The molecule has 6 heteroatoms. The number of fused-ring (bicyclic) bond motifs is 1. The number of hydrogen-bond acceptors (Lipinski definition) is 5. The van der Waals surface area contributed by atoms with Crippen LogP contribution in [0.3, 0.4) is 0 Å². The molecule has 1 aromatic heterocycles. The molecule has 1 heterocycles. The van der Waals surface area contributed by atoms with Gasteiger partial charge in [0.1, 0.15) is 6.34 Å². The number of hydrazone groups is 1. The number of hydrazine groups is 1. The minimum Gasteiger partial charge on any atom is -0.322 e. The quantitative estimate of drug-likeness (QED) is 0.264. The molecule has 0 atom stereocenters. The van der Waals surface area contributed by atoms with E-state index in [1.54, 1.807) is 24.4 Å². The van der Waals surface area contributed by atoms with E-state index in [9.17, 15) is 4.79 Å². The number of hydrogen-bond donors (Lipinski definition) is 2. The van der Waals surface area contributed by atoms with Crippen LogP contribution in [-0.4, -0.2) is 17.6 Å². The van der Waals surface area contributed by atoms with Crippen LogP contribution in [0.2, 0.25) is 0 Å². The second-order valence-electron chi connectivity index (χ2n) is 3.36. The Morgan fingerprint density at radius 3 is 2.88 bits per heavy atom. The summed E-state index contributed by atoms with van der Waals surface area (Å²) in [6.45, 7) is 0. The summed E-state index contributed by atoms with van der Waals surface area (Å²) in [5.74, 6) is 10.8. The number of pyridine rings is 1. The largest absolute Gasteiger partial charge is 0.322 e. The van der Waals surface area contributed by atoms with Crippen molar-refractivity contribution in [1.29, 1.82) is 0 Å². The Morgan fingerprint density at radius 2 is 2.18 bits per heavy atom. The lowest BCUT2D eigenvalue weighted by Crippen LogP contribution is -2.29. The van der Waals surface area contributed by atoms with E-state index in [4.69, 9.17) is 11.7 Å². The van der Waals surface area contributed by atoms with Crippen LogP contribution >= 0.6 is 0 Å². The van der Waals surface area contributed by atoms with Crippen molar-refractivity contribution in [2.45, 2.75) is 0 Å². The third-order valence-electron chi connectivity index (χ3n) is 2.38. The van der Waals surface area contributed by atoms with Gasteiger partial charge in [0.15, 0.2) is 6.29 Å². The van der Waals surface area contributed by atoms with Crippen molar-refractivity contribution in [2.24, 2.45) is 16.8 Å². The highest BCUT2D eigenvalue weighted by Crippen LogP contribution is 2.24. The van der Waals surface area contributed by atoms with Crippen molar-refractivity contribution in [3.63, 3.8) is 0 Å².